The van der Waals surface area contributed by atoms with Crippen molar-refractivity contribution < 1.29 is 24.2 Å². The molecule has 7 heteroatoms. The van der Waals surface area contributed by atoms with E-state index < -0.39 is 35.3 Å². The minimum Gasteiger partial charge on any atom is -0.481 e. The molecule has 0 heterocycles. The van der Waals surface area contributed by atoms with Crippen LogP contribution in [0.15, 0.2) is 48.5 Å². The zero-order valence-electron chi connectivity index (χ0n) is 20.4. The number of benzene rings is 2. The van der Waals surface area contributed by atoms with Crippen LogP contribution in [-0.2, 0) is 14.3 Å². The maximum absolute atomic E-state index is 12.9. The lowest BCUT2D eigenvalue weighted by molar-refractivity contribution is -0.143. The predicted octanol–water partition coefficient (Wildman–Crippen LogP) is 4.41. The molecule has 1 aliphatic carbocycles. The molecule has 3 N–H and O–H groups in total. The van der Waals surface area contributed by atoms with E-state index in [0.29, 0.717) is 0 Å². The van der Waals surface area contributed by atoms with Crippen molar-refractivity contribution in [3.63, 3.8) is 0 Å². The van der Waals surface area contributed by atoms with Gasteiger partial charge in [-0.3, -0.25) is 9.59 Å². The quantitative estimate of drug-likeness (QED) is 0.534. The summed E-state index contributed by atoms with van der Waals surface area (Å²) in [5, 5.41) is 14.8. The number of carbonyl (C=O) groups is 3. The van der Waals surface area contributed by atoms with Crippen LogP contribution in [0.25, 0.3) is 11.1 Å². The fraction of sp³-hybridized carbons (Fsp3) is 0.444. The maximum atomic E-state index is 12.9. The number of carbonyl (C=O) groups excluding carboxylic acids is 2. The van der Waals surface area contributed by atoms with Gasteiger partial charge in [-0.25, -0.2) is 4.79 Å². The van der Waals surface area contributed by atoms with E-state index in [-0.39, 0.29) is 25.0 Å². The van der Waals surface area contributed by atoms with Crippen LogP contribution in [0.4, 0.5) is 4.79 Å². The van der Waals surface area contributed by atoms with E-state index in [1.54, 1.807) is 13.8 Å². The van der Waals surface area contributed by atoms with Crippen LogP contribution < -0.4 is 10.6 Å². The molecular weight excluding hydrogens is 432 g/mol. The van der Waals surface area contributed by atoms with Crippen LogP contribution >= 0.6 is 0 Å². The van der Waals surface area contributed by atoms with Crippen molar-refractivity contribution in [1.29, 1.82) is 0 Å². The Bertz CT molecular complexity index is 1010. The van der Waals surface area contributed by atoms with E-state index in [4.69, 9.17) is 4.74 Å². The zero-order valence-corrected chi connectivity index (χ0v) is 20.4. The van der Waals surface area contributed by atoms with Gasteiger partial charge in [0.05, 0.1) is 5.92 Å². The number of nitrogens with one attached hydrogen (secondary N) is 2. The molecule has 7 nitrogen and oxygen atoms in total. The number of hydrogen-bond acceptors (Lipinski definition) is 4. The van der Waals surface area contributed by atoms with Gasteiger partial charge in [0.25, 0.3) is 0 Å². The van der Waals surface area contributed by atoms with Gasteiger partial charge >= 0.3 is 12.1 Å². The molecule has 0 radical (unpaired) electrons. The SMILES string of the molecule is CC(C)C(CNC(=O)C(NC(=O)OCC1c2ccccc2-c2ccccc21)C(C)(C)C)C(=O)O. The summed E-state index contributed by atoms with van der Waals surface area (Å²) in [6, 6.07) is 15.3. The van der Waals surface area contributed by atoms with Gasteiger partial charge in [-0.2, -0.15) is 0 Å². The topological polar surface area (TPSA) is 105 Å². The number of carboxylic acid groups (broad SMARTS) is 1. The van der Waals surface area contributed by atoms with Crippen molar-refractivity contribution in [2.45, 2.75) is 46.6 Å². The fourth-order valence-corrected chi connectivity index (χ4v) is 4.35. The summed E-state index contributed by atoms with van der Waals surface area (Å²) in [5.41, 5.74) is 3.88. The van der Waals surface area contributed by atoms with Gasteiger partial charge in [-0.15, -0.1) is 0 Å². The number of alkyl carbamates (subject to hydrolysis) is 1. The van der Waals surface area contributed by atoms with Crippen molar-refractivity contribution in [3.8, 4) is 11.1 Å². The van der Waals surface area contributed by atoms with Crippen LogP contribution in [-0.4, -0.2) is 42.3 Å². The number of amides is 2. The molecule has 1 aliphatic rings. The van der Waals surface area contributed by atoms with E-state index >= 15 is 0 Å². The summed E-state index contributed by atoms with van der Waals surface area (Å²) in [6.07, 6.45) is -0.685. The number of hydrogen-bond donors (Lipinski definition) is 3. The van der Waals surface area contributed by atoms with Gasteiger partial charge in [0.15, 0.2) is 0 Å². The van der Waals surface area contributed by atoms with Gasteiger partial charge in [0.1, 0.15) is 12.6 Å². The smallest absolute Gasteiger partial charge is 0.407 e. The molecule has 182 valence electrons. The van der Waals surface area contributed by atoms with Gasteiger partial charge in [-0.1, -0.05) is 83.1 Å². The molecule has 3 rings (SSSR count). The van der Waals surface area contributed by atoms with Gasteiger partial charge in [-0.05, 0) is 33.6 Å². The molecule has 0 bridgehead atoms. The van der Waals surface area contributed by atoms with Crippen molar-refractivity contribution in [3.05, 3.63) is 59.7 Å². The molecule has 2 aromatic carbocycles. The highest BCUT2D eigenvalue weighted by molar-refractivity contribution is 5.87. The largest absolute Gasteiger partial charge is 0.481 e. The van der Waals surface area contributed by atoms with Crippen molar-refractivity contribution >= 4 is 18.0 Å². The van der Waals surface area contributed by atoms with E-state index in [2.05, 4.69) is 22.8 Å². The number of fused-ring (bicyclic) bond motifs is 3. The second kappa shape index (κ2) is 10.3. The Morgan fingerprint density at radius 2 is 1.50 bits per heavy atom. The lowest BCUT2D eigenvalue weighted by atomic mass is 9.86. The van der Waals surface area contributed by atoms with Crippen LogP contribution in [0.1, 0.15) is 51.7 Å². The summed E-state index contributed by atoms with van der Waals surface area (Å²) in [4.78, 5) is 37.1. The summed E-state index contributed by atoms with van der Waals surface area (Å²) >= 11 is 0. The Kier molecular flexibility index (Phi) is 7.64. The standard InChI is InChI=1S/C27H34N2O5/c1-16(2)21(25(31)32)14-28-24(30)23(27(3,4)5)29-26(33)34-15-22-19-12-8-6-10-17(19)18-11-7-9-13-20(18)22/h6-13,16,21-23H,14-15H2,1-5H3,(H,28,30)(H,29,33)(H,31,32). The summed E-state index contributed by atoms with van der Waals surface area (Å²) in [7, 11) is 0. The molecule has 2 amide bonds. The molecule has 2 unspecified atom stereocenters. The van der Waals surface area contributed by atoms with E-state index in [9.17, 15) is 19.5 Å². The Labute approximate surface area is 200 Å². The van der Waals surface area contributed by atoms with Gasteiger partial charge < -0.3 is 20.5 Å². The van der Waals surface area contributed by atoms with Crippen molar-refractivity contribution in [2.24, 2.45) is 17.3 Å². The number of ether oxygens (including phenoxy) is 1. The summed E-state index contributed by atoms with van der Waals surface area (Å²) in [6.45, 7) is 9.22. The minimum absolute atomic E-state index is 0.00914. The average molecular weight is 467 g/mol. The Morgan fingerprint density at radius 3 is 1.97 bits per heavy atom. The van der Waals surface area contributed by atoms with E-state index in [1.165, 1.54) is 0 Å². The molecule has 34 heavy (non-hydrogen) atoms. The lowest BCUT2D eigenvalue weighted by Gasteiger charge is -2.30. The van der Waals surface area contributed by atoms with Gasteiger partial charge in [0, 0.05) is 12.5 Å². The molecule has 2 aromatic rings. The highest BCUT2D eigenvalue weighted by Crippen LogP contribution is 2.44. The Balaban J connectivity index is 1.66. The fourth-order valence-electron chi connectivity index (χ4n) is 4.35. The molecule has 0 saturated carbocycles. The highest BCUT2D eigenvalue weighted by Gasteiger charge is 2.35. The van der Waals surface area contributed by atoms with Crippen molar-refractivity contribution in [2.75, 3.05) is 13.2 Å². The van der Waals surface area contributed by atoms with Crippen LogP contribution in [0.2, 0.25) is 0 Å². The third kappa shape index (κ3) is 5.58. The highest BCUT2D eigenvalue weighted by atomic mass is 16.5. The second-order valence-electron chi connectivity index (χ2n) is 10.2. The lowest BCUT2D eigenvalue weighted by Crippen LogP contribution is -2.54. The first-order chi connectivity index (χ1) is 16.0. The minimum atomic E-state index is -0.966. The van der Waals surface area contributed by atoms with E-state index in [1.807, 2.05) is 57.2 Å². The summed E-state index contributed by atoms with van der Waals surface area (Å²) in [5.74, 6) is -2.33. The number of aliphatic carboxylic acids is 1. The molecule has 0 saturated heterocycles. The third-order valence-corrected chi connectivity index (χ3v) is 6.35. The number of rotatable bonds is 8. The van der Waals surface area contributed by atoms with E-state index in [0.717, 1.165) is 22.3 Å². The molecule has 0 aliphatic heterocycles. The second-order valence-corrected chi connectivity index (χ2v) is 10.2. The number of carboxylic acids is 1. The average Bonchev–Trinajstić information content (AvgIpc) is 3.08. The van der Waals surface area contributed by atoms with Crippen LogP contribution in [0.5, 0.6) is 0 Å². The molecule has 0 fully saturated rings. The first kappa shape index (κ1) is 25.3. The maximum Gasteiger partial charge on any atom is 0.407 e. The molecule has 2 atom stereocenters. The van der Waals surface area contributed by atoms with Crippen molar-refractivity contribution in [1.82, 2.24) is 10.6 Å². The van der Waals surface area contributed by atoms with Crippen LogP contribution in [0.3, 0.4) is 0 Å². The van der Waals surface area contributed by atoms with Gasteiger partial charge in [0.2, 0.25) is 5.91 Å². The monoisotopic (exact) mass is 466 g/mol. The predicted molar refractivity (Wildman–Crippen MR) is 130 cm³/mol. The third-order valence-electron chi connectivity index (χ3n) is 6.35. The summed E-state index contributed by atoms with van der Waals surface area (Å²) < 4.78 is 5.59. The molecule has 0 spiro atoms. The Morgan fingerprint density at radius 1 is 0.971 bits per heavy atom. The molecular formula is C27H34N2O5. The first-order valence-corrected chi connectivity index (χ1v) is 11.6. The first-order valence-electron chi connectivity index (χ1n) is 11.6. The van der Waals surface area contributed by atoms with Crippen LogP contribution in [0, 0.1) is 17.3 Å². The normalized spacial score (nSPS) is 14.6. The molecule has 0 aromatic heterocycles. The zero-order chi connectivity index (χ0) is 25.0. The Hall–Kier alpha value is -3.35.